The molecule has 3 aromatic rings. The van der Waals surface area contributed by atoms with Gasteiger partial charge in [0.05, 0.1) is 22.2 Å². The van der Waals surface area contributed by atoms with Crippen LogP contribution in [-0.4, -0.2) is 30.1 Å². The van der Waals surface area contributed by atoms with Crippen molar-refractivity contribution in [3.05, 3.63) is 91.2 Å². The van der Waals surface area contributed by atoms with Gasteiger partial charge in [0.25, 0.3) is 5.91 Å². The van der Waals surface area contributed by atoms with Gasteiger partial charge in [0.2, 0.25) is 0 Å². The van der Waals surface area contributed by atoms with Crippen molar-refractivity contribution in [2.24, 2.45) is 4.99 Å². The van der Waals surface area contributed by atoms with Gasteiger partial charge in [-0.2, -0.15) is 0 Å². The summed E-state index contributed by atoms with van der Waals surface area (Å²) in [6.45, 7) is 2.50. The van der Waals surface area contributed by atoms with Crippen LogP contribution >= 0.6 is 43.6 Å². The number of carbonyl (C=O) groups is 1. The molecule has 1 amide bonds. The van der Waals surface area contributed by atoms with Crippen LogP contribution in [0.4, 0.5) is 5.69 Å². The second-order valence-electron chi connectivity index (χ2n) is 7.80. The third-order valence-corrected chi connectivity index (χ3v) is 7.62. The van der Waals surface area contributed by atoms with E-state index in [0.717, 1.165) is 37.7 Å². The molecular formula is C27H24Br2N2O3S. The molecule has 0 N–H and O–H groups in total. The predicted octanol–water partition coefficient (Wildman–Crippen LogP) is 7.60. The van der Waals surface area contributed by atoms with Crippen LogP contribution in [-0.2, 0) is 17.8 Å². The number of halogens is 2. The minimum atomic E-state index is -0.0895. The average molecular weight is 616 g/mol. The van der Waals surface area contributed by atoms with Gasteiger partial charge in [-0.3, -0.25) is 9.69 Å². The van der Waals surface area contributed by atoms with Crippen LogP contribution in [0.3, 0.4) is 0 Å². The van der Waals surface area contributed by atoms with Gasteiger partial charge in [0, 0.05) is 11.5 Å². The molecule has 0 saturated carbocycles. The van der Waals surface area contributed by atoms with Crippen molar-refractivity contribution < 1.29 is 14.3 Å². The molecule has 0 aromatic heterocycles. The number of methoxy groups -OCH3 is 1. The molecule has 8 heteroatoms. The molecule has 1 heterocycles. The van der Waals surface area contributed by atoms with Crippen molar-refractivity contribution in [3.8, 4) is 11.5 Å². The molecular weight excluding hydrogens is 592 g/mol. The molecule has 0 atom stereocenters. The largest absolute Gasteiger partial charge is 0.493 e. The SMILES string of the molecule is CCc1ccccc1N=C1S/C(=C/c2cc(Br)c(OCc3ccc(Br)cc3)c(OC)c2)C(=O)N1C. The van der Waals surface area contributed by atoms with E-state index < -0.39 is 0 Å². The van der Waals surface area contributed by atoms with E-state index in [0.29, 0.717) is 28.2 Å². The number of rotatable bonds is 7. The number of amidine groups is 1. The van der Waals surface area contributed by atoms with Crippen LogP contribution in [0.15, 0.2) is 79.5 Å². The van der Waals surface area contributed by atoms with Crippen molar-refractivity contribution in [3.63, 3.8) is 0 Å². The Balaban J connectivity index is 1.58. The van der Waals surface area contributed by atoms with Crippen LogP contribution in [0.5, 0.6) is 11.5 Å². The molecule has 1 fully saturated rings. The predicted molar refractivity (Wildman–Crippen MR) is 150 cm³/mol. The number of benzene rings is 3. The summed E-state index contributed by atoms with van der Waals surface area (Å²) < 4.78 is 13.4. The van der Waals surface area contributed by atoms with Crippen LogP contribution in [0.2, 0.25) is 0 Å². The lowest BCUT2D eigenvalue weighted by atomic mass is 10.1. The number of para-hydroxylation sites is 1. The van der Waals surface area contributed by atoms with Gasteiger partial charge in [-0.25, -0.2) is 4.99 Å². The average Bonchev–Trinajstić information content (AvgIpc) is 3.12. The van der Waals surface area contributed by atoms with Crippen LogP contribution in [0.1, 0.15) is 23.6 Å². The van der Waals surface area contributed by atoms with Crippen LogP contribution in [0.25, 0.3) is 6.08 Å². The number of likely N-dealkylation sites (N-methyl/N-ethyl adjacent to an activating group) is 1. The summed E-state index contributed by atoms with van der Waals surface area (Å²) in [5.74, 6) is 1.10. The lowest BCUT2D eigenvalue weighted by Crippen LogP contribution is -2.23. The maximum Gasteiger partial charge on any atom is 0.266 e. The maximum atomic E-state index is 12.9. The highest BCUT2D eigenvalue weighted by atomic mass is 79.9. The molecule has 4 rings (SSSR count). The second kappa shape index (κ2) is 11.5. The summed E-state index contributed by atoms with van der Waals surface area (Å²) in [6, 6.07) is 19.7. The standard InChI is InChI=1S/C27H24Br2N2O3S/c1-4-19-7-5-6-8-22(19)30-27-31(2)26(32)24(35-27)15-18-13-21(29)25(23(14-18)33-3)34-16-17-9-11-20(28)12-10-17/h5-15H,4,16H2,1-3H3/b24-15+,30-27?. The first-order chi connectivity index (χ1) is 16.9. The molecule has 35 heavy (non-hydrogen) atoms. The van der Waals surface area contributed by atoms with Crippen LogP contribution in [0, 0.1) is 0 Å². The van der Waals surface area contributed by atoms with E-state index in [-0.39, 0.29) is 5.91 Å². The molecule has 0 spiro atoms. The Hall–Kier alpha value is -2.55. The summed E-state index contributed by atoms with van der Waals surface area (Å²) in [7, 11) is 3.35. The third kappa shape index (κ3) is 6.00. The smallest absolute Gasteiger partial charge is 0.266 e. The molecule has 0 bridgehead atoms. The Morgan fingerprint density at radius 2 is 1.83 bits per heavy atom. The van der Waals surface area contributed by atoms with Crippen molar-refractivity contribution in [1.82, 2.24) is 4.90 Å². The number of carbonyl (C=O) groups excluding carboxylic acids is 1. The zero-order valence-electron chi connectivity index (χ0n) is 19.5. The summed E-state index contributed by atoms with van der Waals surface area (Å²) in [5.41, 5.74) is 3.89. The van der Waals surface area contributed by atoms with Gasteiger partial charge < -0.3 is 9.47 Å². The number of hydrogen-bond acceptors (Lipinski definition) is 5. The van der Waals surface area contributed by atoms with Crippen LogP contribution < -0.4 is 9.47 Å². The molecule has 0 unspecified atom stereocenters. The molecule has 1 aliphatic rings. The number of nitrogens with zero attached hydrogens (tertiary/aromatic N) is 2. The summed E-state index contributed by atoms with van der Waals surface area (Å²) in [4.78, 5) is 19.9. The van der Waals surface area contributed by atoms with E-state index in [4.69, 9.17) is 14.5 Å². The molecule has 0 aliphatic carbocycles. The van der Waals surface area contributed by atoms with E-state index in [1.807, 2.05) is 60.7 Å². The number of aryl methyl sites for hydroxylation is 1. The number of amides is 1. The molecule has 1 aliphatic heterocycles. The van der Waals surface area contributed by atoms with Crippen molar-refractivity contribution in [1.29, 1.82) is 0 Å². The normalized spacial score (nSPS) is 15.8. The number of ether oxygens (including phenoxy) is 2. The fourth-order valence-electron chi connectivity index (χ4n) is 3.52. The van der Waals surface area contributed by atoms with Gasteiger partial charge >= 0.3 is 0 Å². The summed E-state index contributed by atoms with van der Waals surface area (Å²) >= 11 is 8.41. The summed E-state index contributed by atoms with van der Waals surface area (Å²) in [5, 5.41) is 0.655. The molecule has 180 valence electrons. The number of thioether (sulfide) groups is 1. The first-order valence-electron chi connectivity index (χ1n) is 11.0. The van der Waals surface area contributed by atoms with E-state index in [1.165, 1.54) is 11.8 Å². The van der Waals surface area contributed by atoms with Gasteiger partial charge in [-0.05, 0) is 87.2 Å². The topological polar surface area (TPSA) is 51.1 Å². The number of aliphatic imine (C=N–C) groups is 1. The Morgan fingerprint density at radius 3 is 2.54 bits per heavy atom. The van der Waals surface area contributed by atoms with Gasteiger partial charge in [-0.1, -0.05) is 53.2 Å². The van der Waals surface area contributed by atoms with E-state index in [1.54, 1.807) is 19.1 Å². The van der Waals surface area contributed by atoms with Gasteiger partial charge in [-0.15, -0.1) is 0 Å². The Labute approximate surface area is 226 Å². The zero-order chi connectivity index (χ0) is 24.9. The first-order valence-corrected chi connectivity index (χ1v) is 13.4. The van der Waals surface area contributed by atoms with Crippen molar-refractivity contribution >= 4 is 66.5 Å². The highest BCUT2D eigenvalue weighted by Crippen LogP contribution is 2.40. The fraction of sp³-hybridized carbons (Fsp3) is 0.185. The van der Waals surface area contributed by atoms with E-state index in [9.17, 15) is 4.79 Å². The monoisotopic (exact) mass is 614 g/mol. The third-order valence-electron chi connectivity index (χ3n) is 5.44. The highest BCUT2D eigenvalue weighted by molar-refractivity contribution is 9.10. The molecule has 3 aromatic carbocycles. The Kier molecular flexibility index (Phi) is 8.36. The fourth-order valence-corrected chi connectivity index (χ4v) is 5.34. The molecule has 5 nitrogen and oxygen atoms in total. The summed E-state index contributed by atoms with van der Waals surface area (Å²) in [6.07, 6.45) is 2.73. The van der Waals surface area contributed by atoms with Crippen molar-refractivity contribution in [2.45, 2.75) is 20.0 Å². The molecule has 1 saturated heterocycles. The van der Waals surface area contributed by atoms with Gasteiger partial charge in [0.15, 0.2) is 16.7 Å². The highest BCUT2D eigenvalue weighted by Gasteiger charge is 2.30. The maximum absolute atomic E-state index is 12.9. The van der Waals surface area contributed by atoms with Crippen molar-refractivity contribution in [2.75, 3.05) is 14.2 Å². The zero-order valence-corrected chi connectivity index (χ0v) is 23.5. The Bertz CT molecular complexity index is 1310. The minimum absolute atomic E-state index is 0.0895. The van der Waals surface area contributed by atoms with E-state index >= 15 is 0 Å². The first kappa shape index (κ1) is 25.5. The van der Waals surface area contributed by atoms with Gasteiger partial charge in [0.1, 0.15) is 6.61 Å². The minimum Gasteiger partial charge on any atom is -0.493 e. The lowest BCUT2D eigenvalue weighted by molar-refractivity contribution is -0.121. The quantitative estimate of drug-likeness (QED) is 0.257. The van der Waals surface area contributed by atoms with E-state index in [2.05, 4.69) is 44.8 Å². The lowest BCUT2D eigenvalue weighted by Gasteiger charge is -2.14. The second-order valence-corrected chi connectivity index (χ2v) is 10.6. The molecule has 0 radical (unpaired) electrons. The Morgan fingerprint density at radius 1 is 1.09 bits per heavy atom. The number of hydrogen-bond donors (Lipinski definition) is 0.